The summed E-state index contributed by atoms with van der Waals surface area (Å²) in [7, 11) is 0. The Balaban J connectivity index is 1.78. The molecule has 2 aromatic carbocycles. The highest BCUT2D eigenvalue weighted by molar-refractivity contribution is 9.10. The highest BCUT2D eigenvalue weighted by Crippen LogP contribution is 2.15. The maximum atomic E-state index is 11.7. The topological polar surface area (TPSA) is 41.1 Å². The maximum absolute atomic E-state index is 11.7. The van der Waals surface area contributed by atoms with Crippen LogP contribution in [0.5, 0.6) is 0 Å². The Labute approximate surface area is 127 Å². The molecule has 0 atom stereocenters. The summed E-state index contributed by atoms with van der Waals surface area (Å²) in [5, 5.41) is 5.66. The lowest BCUT2D eigenvalue weighted by Gasteiger charge is -2.08. The van der Waals surface area contributed by atoms with Crippen LogP contribution in [0.25, 0.3) is 0 Å². The second-order valence-electron chi connectivity index (χ2n) is 4.59. The molecule has 0 aromatic heterocycles. The van der Waals surface area contributed by atoms with Crippen LogP contribution in [-0.4, -0.2) is 12.6 Å². The number of anilines is 1. The predicted molar refractivity (Wildman–Crippen MR) is 86.0 cm³/mol. The van der Waals surface area contributed by atoms with Gasteiger partial charge in [0.1, 0.15) is 0 Å². The molecule has 0 aliphatic rings. The average Bonchev–Trinajstić information content (AvgIpc) is 2.43. The minimum absolute atomic E-state index is 0.180. The van der Waals surface area contributed by atoms with Gasteiger partial charge in [0.15, 0.2) is 0 Å². The molecule has 0 saturated heterocycles. The zero-order valence-electron chi connectivity index (χ0n) is 11.3. The van der Waals surface area contributed by atoms with E-state index in [9.17, 15) is 4.79 Å². The van der Waals surface area contributed by atoms with Crippen molar-refractivity contribution in [2.75, 3.05) is 11.9 Å². The molecule has 0 aliphatic heterocycles. The van der Waals surface area contributed by atoms with E-state index < -0.39 is 0 Å². The third-order valence-electron chi connectivity index (χ3n) is 2.95. The van der Waals surface area contributed by atoms with Gasteiger partial charge < -0.3 is 10.6 Å². The average molecular weight is 333 g/mol. The van der Waals surface area contributed by atoms with E-state index in [4.69, 9.17) is 0 Å². The fourth-order valence-electron chi connectivity index (χ4n) is 1.82. The Kier molecular flexibility index (Phi) is 5.18. The first-order chi connectivity index (χ1) is 9.65. The van der Waals surface area contributed by atoms with Crippen LogP contribution in [0.2, 0.25) is 0 Å². The van der Waals surface area contributed by atoms with Gasteiger partial charge in [0.25, 0.3) is 0 Å². The van der Waals surface area contributed by atoms with E-state index in [1.165, 1.54) is 11.1 Å². The number of hydrogen-bond donors (Lipinski definition) is 2. The highest BCUT2D eigenvalue weighted by atomic mass is 79.9. The van der Waals surface area contributed by atoms with Crippen LogP contribution in [-0.2, 0) is 6.42 Å². The molecule has 0 fully saturated rings. The first-order valence-corrected chi connectivity index (χ1v) is 7.29. The Hall–Kier alpha value is -1.81. The third kappa shape index (κ3) is 4.38. The fraction of sp³-hybridized carbons (Fsp3) is 0.188. The number of hydrogen-bond acceptors (Lipinski definition) is 1. The van der Waals surface area contributed by atoms with E-state index in [-0.39, 0.29) is 6.03 Å². The van der Waals surface area contributed by atoms with Crippen molar-refractivity contribution >= 4 is 27.6 Å². The van der Waals surface area contributed by atoms with Crippen molar-refractivity contribution in [3.05, 3.63) is 64.1 Å². The van der Waals surface area contributed by atoms with Crippen molar-refractivity contribution in [2.45, 2.75) is 13.3 Å². The second kappa shape index (κ2) is 7.10. The van der Waals surface area contributed by atoms with Crippen LogP contribution < -0.4 is 10.6 Å². The lowest BCUT2D eigenvalue weighted by atomic mass is 10.1. The van der Waals surface area contributed by atoms with E-state index in [0.717, 1.165) is 16.6 Å². The summed E-state index contributed by atoms with van der Waals surface area (Å²) in [5.74, 6) is 0. The first-order valence-electron chi connectivity index (χ1n) is 6.50. The molecule has 0 saturated carbocycles. The van der Waals surface area contributed by atoms with Crippen molar-refractivity contribution < 1.29 is 4.79 Å². The molecule has 0 radical (unpaired) electrons. The Morgan fingerprint density at radius 1 is 1.10 bits per heavy atom. The van der Waals surface area contributed by atoms with E-state index >= 15 is 0 Å². The molecular weight excluding hydrogens is 316 g/mol. The fourth-order valence-corrected chi connectivity index (χ4v) is 2.31. The minimum atomic E-state index is -0.180. The van der Waals surface area contributed by atoms with Crippen LogP contribution in [0.3, 0.4) is 0 Å². The summed E-state index contributed by atoms with van der Waals surface area (Å²) < 4.78 is 1.07. The second-order valence-corrected chi connectivity index (χ2v) is 5.44. The van der Waals surface area contributed by atoms with Crippen molar-refractivity contribution in [2.24, 2.45) is 0 Å². The molecule has 2 amide bonds. The predicted octanol–water partition coefficient (Wildman–Crippen LogP) is 4.12. The number of carbonyl (C=O) groups excluding carboxylic acids is 1. The number of rotatable bonds is 4. The maximum Gasteiger partial charge on any atom is 0.319 e. The molecular formula is C16H17BrN2O. The lowest BCUT2D eigenvalue weighted by molar-refractivity contribution is 0.252. The molecule has 0 aliphatic carbocycles. The van der Waals surface area contributed by atoms with Crippen LogP contribution in [0.15, 0.2) is 53.0 Å². The molecule has 104 valence electrons. The van der Waals surface area contributed by atoms with Gasteiger partial charge in [0.2, 0.25) is 0 Å². The smallest absolute Gasteiger partial charge is 0.319 e. The number of aryl methyl sites for hydroxylation is 1. The number of halogens is 1. The summed E-state index contributed by atoms with van der Waals surface area (Å²) in [6.07, 6.45) is 0.794. The molecule has 2 rings (SSSR count). The largest absolute Gasteiger partial charge is 0.338 e. The SMILES string of the molecule is Cc1ccc(NC(=O)NCCc2ccccc2Br)cc1. The first kappa shape index (κ1) is 14.6. The zero-order valence-corrected chi connectivity index (χ0v) is 12.9. The van der Waals surface area contributed by atoms with Gasteiger partial charge in [0.05, 0.1) is 0 Å². The van der Waals surface area contributed by atoms with Gasteiger partial charge in [-0.3, -0.25) is 0 Å². The summed E-state index contributed by atoms with van der Waals surface area (Å²) in [6.45, 7) is 2.61. The van der Waals surface area contributed by atoms with E-state index in [2.05, 4.69) is 26.6 Å². The van der Waals surface area contributed by atoms with Gasteiger partial charge in [0, 0.05) is 16.7 Å². The Morgan fingerprint density at radius 3 is 2.50 bits per heavy atom. The standard InChI is InChI=1S/C16H17BrN2O/c1-12-6-8-14(9-7-12)19-16(20)18-11-10-13-4-2-3-5-15(13)17/h2-9H,10-11H2,1H3,(H2,18,19,20). The molecule has 2 aromatic rings. The molecule has 0 spiro atoms. The number of amides is 2. The molecule has 0 unspecified atom stereocenters. The molecule has 0 heterocycles. The molecule has 2 N–H and O–H groups in total. The van der Waals surface area contributed by atoms with Crippen LogP contribution >= 0.6 is 15.9 Å². The number of nitrogens with one attached hydrogen (secondary N) is 2. The summed E-state index contributed by atoms with van der Waals surface area (Å²) in [6, 6.07) is 15.6. The van der Waals surface area contributed by atoms with Gasteiger partial charge >= 0.3 is 6.03 Å². The summed E-state index contributed by atoms with van der Waals surface area (Å²) in [4.78, 5) is 11.7. The van der Waals surface area contributed by atoms with Crippen molar-refractivity contribution in [3.8, 4) is 0 Å². The van der Waals surface area contributed by atoms with Gasteiger partial charge in [-0.2, -0.15) is 0 Å². The van der Waals surface area contributed by atoms with E-state index in [0.29, 0.717) is 6.54 Å². The third-order valence-corrected chi connectivity index (χ3v) is 3.72. The van der Waals surface area contributed by atoms with Crippen LogP contribution in [0.1, 0.15) is 11.1 Å². The number of urea groups is 1. The highest BCUT2D eigenvalue weighted by Gasteiger charge is 2.02. The van der Waals surface area contributed by atoms with Gasteiger partial charge in [-0.1, -0.05) is 51.8 Å². The number of benzene rings is 2. The normalized spacial score (nSPS) is 10.1. The Bertz CT molecular complexity index is 581. The summed E-state index contributed by atoms with van der Waals surface area (Å²) in [5.41, 5.74) is 3.15. The van der Waals surface area contributed by atoms with Crippen LogP contribution in [0, 0.1) is 6.92 Å². The number of carbonyl (C=O) groups is 1. The molecule has 20 heavy (non-hydrogen) atoms. The molecule has 3 nitrogen and oxygen atoms in total. The monoisotopic (exact) mass is 332 g/mol. The van der Waals surface area contributed by atoms with Crippen molar-refractivity contribution in [1.82, 2.24) is 5.32 Å². The van der Waals surface area contributed by atoms with Gasteiger partial charge in [-0.15, -0.1) is 0 Å². The minimum Gasteiger partial charge on any atom is -0.338 e. The van der Waals surface area contributed by atoms with Crippen molar-refractivity contribution in [1.29, 1.82) is 0 Å². The zero-order chi connectivity index (χ0) is 14.4. The molecule has 0 bridgehead atoms. The van der Waals surface area contributed by atoms with Gasteiger partial charge in [-0.05, 0) is 37.1 Å². The van der Waals surface area contributed by atoms with Crippen LogP contribution in [0.4, 0.5) is 10.5 Å². The van der Waals surface area contributed by atoms with Crippen molar-refractivity contribution in [3.63, 3.8) is 0 Å². The van der Waals surface area contributed by atoms with Gasteiger partial charge in [-0.25, -0.2) is 4.79 Å². The Morgan fingerprint density at radius 2 is 1.80 bits per heavy atom. The van der Waals surface area contributed by atoms with E-state index in [1.54, 1.807) is 0 Å². The molecule has 4 heteroatoms. The van der Waals surface area contributed by atoms with E-state index in [1.807, 2.05) is 55.5 Å². The quantitative estimate of drug-likeness (QED) is 0.868. The summed E-state index contributed by atoms with van der Waals surface area (Å²) >= 11 is 3.50. The lowest BCUT2D eigenvalue weighted by Crippen LogP contribution is -2.30.